The third kappa shape index (κ3) is 3.50. The molecule has 0 aliphatic heterocycles. The van der Waals surface area contributed by atoms with Crippen molar-refractivity contribution in [2.45, 2.75) is 22.5 Å². The van der Waals surface area contributed by atoms with E-state index in [1.54, 1.807) is 0 Å². The number of benzene rings is 1. The van der Waals surface area contributed by atoms with Crippen LogP contribution < -0.4 is 0 Å². The molecular weight excluding hydrogens is 512 g/mol. The lowest BCUT2D eigenvalue weighted by molar-refractivity contribution is 0.607. The topological polar surface area (TPSA) is 0 Å². The lowest BCUT2D eigenvalue weighted by atomic mass is 9.74. The fraction of sp³-hybridized carbons (Fsp3) is 0.375. The van der Waals surface area contributed by atoms with Gasteiger partial charge in [0.05, 0.1) is 0 Å². The molecule has 0 saturated heterocycles. The van der Waals surface area contributed by atoms with E-state index in [1.807, 2.05) is 0 Å². The van der Waals surface area contributed by atoms with Gasteiger partial charge >= 0.3 is 0 Å². The Bertz CT molecular complexity index is 533. The van der Waals surface area contributed by atoms with Gasteiger partial charge in [-0.1, -0.05) is 100 Å². The number of halogens is 4. The molecule has 0 fully saturated rings. The van der Waals surface area contributed by atoms with Crippen LogP contribution in [0, 0.1) is 0 Å². The summed E-state index contributed by atoms with van der Waals surface area (Å²) in [7, 11) is 0. The van der Waals surface area contributed by atoms with Crippen molar-refractivity contribution in [2.75, 3.05) is 10.7 Å². The molecule has 0 nitrogen and oxygen atoms in total. The number of rotatable bonds is 5. The molecular formula is C16H16Br4. The molecule has 20 heavy (non-hydrogen) atoms. The molecule has 1 aliphatic rings. The summed E-state index contributed by atoms with van der Waals surface area (Å²) in [6, 6.07) is 6.77. The molecule has 1 unspecified atom stereocenters. The van der Waals surface area contributed by atoms with Gasteiger partial charge < -0.3 is 0 Å². The van der Waals surface area contributed by atoms with Crippen molar-refractivity contribution in [3.8, 4) is 0 Å². The lowest BCUT2D eigenvalue weighted by Gasteiger charge is -2.33. The van der Waals surface area contributed by atoms with Crippen molar-refractivity contribution in [2.24, 2.45) is 0 Å². The Morgan fingerprint density at radius 2 is 1.80 bits per heavy atom. The maximum Gasteiger partial charge on any atom is 0.0286 e. The second kappa shape index (κ2) is 7.75. The highest BCUT2D eigenvalue weighted by molar-refractivity contribution is 9.09. The minimum absolute atomic E-state index is 0.0625. The normalized spacial score (nSPS) is 21.9. The Labute approximate surface area is 154 Å². The van der Waals surface area contributed by atoms with Gasteiger partial charge in [-0.25, -0.2) is 0 Å². The summed E-state index contributed by atoms with van der Waals surface area (Å²) in [4.78, 5) is 0. The van der Waals surface area contributed by atoms with Gasteiger partial charge in [-0.3, -0.25) is 0 Å². The molecule has 1 aliphatic carbocycles. The molecule has 108 valence electrons. The third-order valence-electron chi connectivity index (χ3n) is 3.75. The van der Waals surface area contributed by atoms with Gasteiger partial charge in [0.25, 0.3) is 0 Å². The third-order valence-corrected chi connectivity index (χ3v) is 6.65. The van der Waals surface area contributed by atoms with Gasteiger partial charge in [0.1, 0.15) is 0 Å². The highest BCUT2D eigenvalue weighted by Crippen LogP contribution is 2.39. The van der Waals surface area contributed by atoms with Crippen LogP contribution in [0.15, 0.2) is 42.0 Å². The van der Waals surface area contributed by atoms with Crippen LogP contribution in [0.2, 0.25) is 0 Å². The van der Waals surface area contributed by atoms with Crippen LogP contribution in [0.1, 0.15) is 23.1 Å². The molecule has 0 bridgehead atoms. The summed E-state index contributed by atoms with van der Waals surface area (Å²) in [5.41, 5.74) is 5.54. The van der Waals surface area contributed by atoms with Crippen LogP contribution in [0.25, 0.3) is 0 Å². The zero-order valence-electron chi connectivity index (χ0n) is 11.0. The molecule has 1 aromatic carbocycles. The van der Waals surface area contributed by atoms with Crippen molar-refractivity contribution >= 4 is 63.7 Å². The average Bonchev–Trinajstić information content (AvgIpc) is 2.54. The summed E-state index contributed by atoms with van der Waals surface area (Å²) in [6.45, 7) is 0. The molecule has 0 heterocycles. The Morgan fingerprint density at radius 1 is 1.00 bits per heavy atom. The van der Waals surface area contributed by atoms with Crippen LogP contribution in [0.3, 0.4) is 0 Å². The number of hydrogen-bond acceptors (Lipinski definition) is 0. The number of hydrogen-bond donors (Lipinski definition) is 0. The van der Waals surface area contributed by atoms with Gasteiger partial charge in [-0.15, -0.1) is 0 Å². The van der Waals surface area contributed by atoms with E-state index in [1.165, 1.54) is 22.3 Å². The Morgan fingerprint density at radius 3 is 2.30 bits per heavy atom. The number of alkyl halides is 4. The summed E-state index contributed by atoms with van der Waals surface area (Å²) in [5.74, 6) is 0. The van der Waals surface area contributed by atoms with Gasteiger partial charge in [0.15, 0.2) is 0 Å². The van der Waals surface area contributed by atoms with E-state index in [0.717, 1.165) is 27.7 Å². The SMILES string of the molecule is BrCC1=CCC(CBr)(c2cc(CBr)ccc2CBr)C=C1. The fourth-order valence-corrected chi connectivity index (χ4v) is 4.44. The van der Waals surface area contributed by atoms with Crippen LogP contribution in [-0.2, 0) is 16.1 Å². The van der Waals surface area contributed by atoms with Crippen LogP contribution >= 0.6 is 63.7 Å². The molecule has 0 N–H and O–H groups in total. The molecule has 0 spiro atoms. The Kier molecular flexibility index (Phi) is 6.58. The van der Waals surface area contributed by atoms with Crippen LogP contribution in [-0.4, -0.2) is 10.7 Å². The summed E-state index contributed by atoms with van der Waals surface area (Å²) in [5, 5.41) is 3.65. The standard InChI is InChI=1S/C16H16Br4/c17-8-12-3-5-16(11-20,6-4-12)15-7-13(9-18)1-2-14(15)10-19/h1-5,7H,6,8-11H2. The Balaban J connectivity index is 2.47. The van der Waals surface area contributed by atoms with Crippen molar-refractivity contribution in [1.82, 2.24) is 0 Å². The zero-order valence-corrected chi connectivity index (χ0v) is 17.4. The van der Waals surface area contributed by atoms with Crippen molar-refractivity contribution < 1.29 is 0 Å². The van der Waals surface area contributed by atoms with E-state index in [9.17, 15) is 0 Å². The monoisotopic (exact) mass is 524 g/mol. The summed E-state index contributed by atoms with van der Waals surface area (Å²) >= 11 is 14.5. The summed E-state index contributed by atoms with van der Waals surface area (Å²) < 4.78 is 0. The number of allylic oxidation sites excluding steroid dienone is 4. The minimum atomic E-state index is 0.0625. The van der Waals surface area contributed by atoms with E-state index in [4.69, 9.17) is 0 Å². The molecule has 1 aromatic rings. The first-order valence-electron chi connectivity index (χ1n) is 6.43. The van der Waals surface area contributed by atoms with Gasteiger partial charge in [0.2, 0.25) is 0 Å². The largest absolute Gasteiger partial charge is 0.0915 e. The van der Waals surface area contributed by atoms with Gasteiger partial charge in [-0.05, 0) is 28.7 Å². The van der Waals surface area contributed by atoms with Crippen molar-refractivity contribution in [3.63, 3.8) is 0 Å². The van der Waals surface area contributed by atoms with E-state index >= 15 is 0 Å². The van der Waals surface area contributed by atoms with E-state index in [0.29, 0.717) is 0 Å². The van der Waals surface area contributed by atoms with E-state index < -0.39 is 0 Å². The quantitative estimate of drug-likeness (QED) is 0.389. The van der Waals surface area contributed by atoms with Gasteiger partial charge in [-0.2, -0.15) is 0 Å². The second-order valence-corrected chi connectivity index (χ2v) is 7.24. The van der Waals surface area contributed by atoms with Crippen LogP contribution in [0.5, 0.6) is 0 Å². The highest BCUT2D eigenvalue weighted by Gasteiger charge is 2.31. The summed E-state index contributed by atoms with van der Waals surface area (Å²) in [6.07, 6.45) is 7.99. The first-order valence-corrected chi connectivity index (χ1v) is 10.9. The molecule has 4 heteroatoms. The first kappa shape index (κ1) is 17.0. The highest BCUT2D eigenvalue weighted by atomic mass is 79.9. The van der Waals surface area contributed by atoms with Gasteiger partial charge in [0, 0.05) is 26.7 Å². The maximum atomic E-state index is 3.74. The van der Waals surface area contributed by atoms with Crippen LogP contribution in [0.4, 0.5) is 0 Å². The fourth-order valence-electron chi connectivity index (χ4n) is 2.47. The second-order valence-electron chi connectivity index (χ2n) is 5.00. The predicted molar refractivity (Wildman–Crippen MR) is 103 cm³/mol. The maximum absolute atomic E-state index is 3.74. The zero-order chi connectivity index (χ0) is 14.6. The molecule has 2 rings (SSSR count). The van der Waals surface area contributed by atoms with E-state index in [-0.39, 0.29) is 5.41 Å². The average molecular weight is 528 g/mol. The van der Waals surface area contributed by atoms with Crippen molar-refractivity contribution in [3.05, 3.63) is 58.7 Å². The molecule has 1 atom stereocenters. The first-order chi connectivity index (χ1) is 9.69. The lowest BCUT2D eigenvalue weighted by Crippen LogP contribution is -2.28. The Hall–Kier alpha value is 0.620. The smallest absolute Gasteiger partial charge is 0.0286 e. The molecule has 0 amide bonds. The molecule has 0 aromatic heterocycles. The van der Waals surface area contributed by atoms with Crippen molar-refractivity contribution in [1.29, 1.82) is 0 Å². The minimum Gasteiger partial charge on any atom is -0.0915 e. The molecule has 0 radical (unpaired) electrons. The van der Waals surface area contributed by atoms with E-state index in [2.05, 4.69) is 100 Å². The predicted octanol–water partition coefficient (Wildman–Crippen LogP) is 6.39. The molecule has 0 saturated carbocycles.